The van der Waals surface area contributed by atoms with Gasteiger partial charge in [-0.15, -0.1) is 15.3 Å². The van der Waals surface area contributed by atoms with Crippen LogP contribution in [0.15, 0.2) is 36.4 Å². The van der Waals surface area contributed by atoms with E-state index in [0.717, 1.165) is 61.1 Å². The fourth-order valence-electron chi connectivity index (χ4n) is 3.65. The summed E-state index contributed by atoms with van der Waals surface area (Å²) in [5.74, 6) is 2.71. The molecule has 0 N–H and O–H groups in total. The predicted molar refractivity (Wildman–Crippen MR) is 110 cm³/mol. The van der Waals surface area contributed by atoms with Crippen LogP contribution >= 0.6 is 0 Å². The molecule has 1 amide bonds. The topological polar surface area (TPSA) is 75.9 Å². The van der Waals surface area contributed by atoms with Crippen molar-refractivity contribution in [2.45, 2.75) is 26.2 Å². The zero-order valence-electron chi connectivity index (χ0n) is 16.9. The summed E-state index contributed by atoms with van der Waals surface area (Å²) in [5.41, 5.74) is 1.90. The number of rotatable bonds is 5. The average molecular weight is 394 g/mol. The van der Waals surface area contributed by atoms with Crippen molar-refractivity contribution in [2.24, 2.45) is 0 Å². The minimum atomic E-state index is 0.209. The normalized spacial score (nSPS) is 14.8. The summed E-state index contributed by atoms with van der Waals surface area (Å²) < 4.78 is 6.94. The number of ether oxygens (including phenoxy) is 1. The molecule has 0 atom stereocenters. The monoisotopic (exact) mass is 394 g/mol. The summed E-state index contributed by atoms with van der Waals surface area (Å²) in [6.07, 6.45) is 2.19. The van der Waals surface area contributed by atoms with Crippen molar-refractivity contribution in [1.29, 1.82) is 0 Å². The van der Waals surface area contributed by atoms with Gasteiger partial charge < -0.3 is 14.5 Å². The first-order valence-electron chi connectivity index (χ1n) is 9.99. The average Bonchev–Trinajstić information content (AvgIpc) is 2.97. The summed E-state index contributed by atoms with van der Waals surface area (Å²) >= 11 is 0. The number of methoxy groups -OCH3 is 1. The molecular weight excluding hydrogens is 368 g/mol. The van der Waals surface area contributed by atoms with Crippen LogP contribution in [-0.2, 0) is 11.2 Å². The van der Waals surface area contributed by atoms with Crippen molar-refractivity contribution in [2.75, 3.05) is 38.2 Å². The highest BCUT2D eigenvalue weighted by atomic mass is 16.5. The Kier molecular flexibility index (Phi) is 5.59. The van der Waals surface area contributed by atoms with E-state index in [9.17, 15) is 4.79 Å². The van der Waals surface area contributed by atoms with Crippen LogP contribution in [-0.4, -0.2) is 63.9 Å². The first-order valence-corrected chi connectivity index (χ1v) is 9.99. The molecule has 0 spiro atoms. The van der Waals surface area contributed by atoms with E-state index in [0.29, 0.717) is 13.0 Å². The lowest BCUT2D eigenvalue weighted by Gasteiger charge is -2.23. The number of hydrogen-bond acceptors (Lipinski definition) is 6. The first-order chi connectivity index (χ1) is 14.1. The number of hydrogen-bond donors (Lipinski definition) is 0. The molecule has 0 radical (unpaired) electrons. The van der Waals surface area contributed by atoms with Crippen molar-refractivity contribution in [3.05, 3.63) is 47.8 Å². The largest absolute Gasteiger partial charge is 0.497 e. The molecule has 1 aliphatic heterocycles. The highest BCUT2D eigenvalue weighted by molar-refractivity contribution is 5.76. The van der Waals surface area contributed by atoms with Crippen LogP contribution in [0.2, 0.25) is 0 Å². The third kappa shape index (κ3) is 4.31. The Bertz CT molecular complexity index is 985. The van der Waals surface area contributed by atoms with Crippen molar-refractivity contribution < 1.29 is 9.53 Å². The number of aromatic nitrogens is 4. The van der Waals surface area contributed by atoms with Crippen LogP contribution in [0.25, 0.3) is 5.65 Å². The lowest BCUT2D eigenvalue weighted by atomic mass is 10.1. The van der Waals surface area contributed by atoms with Gasteiger partial charge in [-0.25, -0.2) is 0 Å². The number of amides is 1. The van der Waals surface area contributed by atoms with E-state index in [1.54, 1.807) is 11.6 Å². The molecule has 29 heavy (non-hydrogen) atoms. The summed E-state index contributed by atoms with van der Waals surface area (Å²) in [5, 5.41) is 12.8. The second-order valence-corrected chi connectivity index (χ2v) is 7.28. The maximum absolute atomic E-state index is 12.7. The molecule has 1 fully saturated rings. The van der Waals surface area contributed by atoms with Crippen LogP contribution in [0.4, 0.5) is 5.82 Å². The maximum Gasteiger partial charge on any atom is 0.222 e. The minimum absolute atomic E-state index is 0.209. The van der Waals surface area contributed by atoms with Crippen LogP contribution in [0.5, 0.6) is 5.75 Å². The Balaban J connectivity index is 1.34. The van der Waals surface area contributed by atoms with E-state index in [2.05, 4.69) is 20.2 Å². The summed E-state index contributed by atoms with van der Waals surface area (Å²) in [6, 6.07) is 11.8. The Morgan fingerprint density at radius 2 is 1.86 bits per heavy atom. The smallest absolute Gasteiger partial charge is 0.222 e. The van der Waals surface area contributed by atoms with Gasteiger partial charge in [0.05, 0.1) is 7.11 Å². The zero-order chi connectivity index (χ0) is 20.2. The molecule has 0 unspecified atom stereocenters. The second kappa shape index (κ2) is 8.46. The molecule has 1 aliphatic rings. The number of carbonyl (C=O) groups is 1. The molecule has 152 valence electrons. The van der Waals surface area contributed by atoms with Gasteiger partial charge in [-0.1, -0.05) is 12.1 Å². The quantitative estimate of drug-likeness (QED) is 0.660. The zero-order valence-corrected chi connectivity index (χ0v) is 16.9. The lowest BCUT2D eigenvalue weighted by Crippen LogP contribution is -2.35. The van der Waals surface area contributed by atoms with Crippen molar-refractivity contribution in [1.82, 2.24) is 24.7 Å². The lowest BCUT2D eigenvalue weighted by molar-refractivity contribution is -0.130. The Morgan fingerprint density at radius 3 is 2.66 bits per heavy atom. The highest BCUT2D eigenvalue weighted by Crippen LogP contribution is 2.17. The molecule has 1 saturated heterocycles. The Morgan fingerprint density at radius 1 is 1.03 bits per heavy atom. The summed E-state index contributed by atoms with van der Waals surface area (Å²) in [7, 11) is 1.65. The standard InChI is InChI=1S/C21H26N6O2/c1-16-22-23-19-9-10-20(24-27(16)19)25-12-3-13-26(15-14-25)21(28)11-6-17-4-7-18(29-2)8-5-17/h4-5,7-10H,3,6,11-15H2,1-2H3. The van der Waals surface area contributed by atoms with E-state index >= 15 is 0 Å². The molecule has 3 aromatic rings. The Labute approximate surface area is 170 Å². The van der Waals surface area contributed by atoms with Gasteiger partial charge in [0.2, 0.25) is 5.91 Å². The molecule has 2 aromatic heterocycles. The maximum atomic E-state index is 12.7. The van der Waals surface area contributed by atoms with Crippen molar-refractivity contribution >= 4 is 17.4 Å². The van der Waals surface area contributed by atoms with Gasteiger partial charge in [0, 0.05) is 32.6 Å². The number of benzene rings is 1. The van der Waals surface area contributed by atoms with E-state index in [1.807, 2.05) is 48.2 Å². The third-order valence-corrected chi connectivity index (χ3v) is 5.36. The molecule has 0 bridgehead atoms. The number of nitrogens with zero attached hydrogens (tertiary/aromatic N) is 6. The molecule has 0 aliphatic carbocycles. The number of aryl methyl sites for hydroxylation is 2. The molecule has 8 heteroatoms. The van der Waals surface area contributed by atoms with E-state index in [-0.39, 0.29) is 5.91 Å². The number of fused-ring (bicyclic) bond motifs is 1. The molecule has 3 heterocycles. The molecule has 4 rings (SSSR count). The minimum Gasteiger partial charge on any atom is -0.497 e. The number of carbonyl (C=O) groups excluding carboxylic acids is 1. The van der Waals surface area contributed by atoms with Gasteiger partial charge in [-0.3, -0.25) is 4.79 Å². The van der Waals surface area contributed by atoms with Gasteiger partial charge in [0.25, 0.3) is 0 Å². The van der Waals surface area contributed by atoms with E-state index in [1.165, 1.54) is 0 Å². The fourth-order valence-corrected chi connectivity index (χ4v) is 3.65. The second-order valence-electron chi connectivity index (χ2n) is 7.28. The molecular formula is C21H26N6O2. The van der Waals surface area contributed by atoms with Gasteiger partial charge in [0.15, 0.2) is 11.5 Å². The van der Waals surface area contributed by atoms with E-state index in [4.69, 9.17) is 4.74 Å². The SMILES string of the molecule is COc1ccc(CCC(=O)N2CCCN(c3ccc4nnc(C)n4n3)CC2)cc1. The van der Waals surface area contributed by atoms with Crippen LogP contribution in [0, 0.1) is 6.92 Å². The highest BCUT2D eigenvalue weighted by Gasteiger charge is 2.20. The van der Waals surface area contributed by atoms with Gasteiger partial charge >= 0.3 is 0 Å². The third-order valence-electron chi connectivity index (χ3n) is 5.36. The van der Waals surface area contributed by atoms with Gasteiger partial charge in [-0.2, -0.15) is 4.52 Å². The van der Waals surface area contributed by atoms with Crippen molar-refractivity contribution in [3.63, 3.8) is 0 Å². The molecule has 8 nitrogen and oxygen atoms in total. The Hall–Kier alpha value is -3.16. The fraction of sp³-hybridized carbons (Fsp3) is 0.429. The van der Waals surface area contributed by atoms with Gasteiger partial charge in [-0.05, 0) is 49.6 Å². The summed E-state index contributed by atoms with van der Waals surface area (Å²) in [4.78, 5) is 16.9. The van der Waals surface area contributed by atoms with Crippen molar-refractivity contribution in [3.8, 4) is 5.75 Å². The van der Waals surface area contributed by atoms with E-state index < -0.39 is 0 Å². The predicted octanol–water partition coefficient (Wildman–Crippen LogP) is 2.11. The van der Waals surface area contributed by atoms with Gasteiger partial charge in [0.1, 0.15) is 11.6 Å². The molecule has 0 saturated carbocycles. The van der Waals surface area contributed by atoms with Crippen LogP contribution in [0.1, 0.15) is 24.2 Å². The van der Waals surface area contributed by atoms with Crippen LogP contribution < -0.4 is 9.64 Å². The summed E-state index contributed by atoms with van der Waals surface area (Å²) in [6.45, 7) is 5.03. The van der Waals surface area contributed by atoms with Crippen LogP contribution in [0.3, 0.4) is 0 Å². The number of anilines is 1. The molecule has 1 aromatic carbocycles. The first kappa shape index (κ1) is 19.2.